The Morgan fingerprint density at radius 3 is 2.56 bits per heavy atom. The van der Waals surface area contributed by atoms with Gasteiger partial charge >= 0.3 is 0 Å². The maximum Gasteiger partial charge on any atom is 0.170 e. The van der Waals surface area contributed by atoms with Gasteiger partial charge in [-0.05, 0) is 61.9 Å². The molecule has 27 heavy (non-hydrogen) atoms. The van der Waals surface area contributed by atoms with Gasteiger partial charge in [-0.3, -0.25) is 4.90 Å². The largest absolute Gasteiger partial charge is 0.494 e. The van der Waals surface area contributed by atoms with Gasteiger partial charge in [-0.25, -0.2) is 0 Å². The summed E-state index contributed by atoms with van der Waals surface area (Å²) in [6.45, 7) is 7.83. The molecule has 1 aromatic heterocycles. The fraction of sp³-hybridized carbons (Fsp3) is 0.450. The summed E-state index contributed by atoms with van der Waals surface area (Å²) in [5.41, 5.74) is 0.961. The number of hydrogen-bond acceptors (Lipinski definition) is 5. The van der Waals surface area contributed by atoms with Crippen molar-refractivity contribution >= 4 is 34.4 Å². The summed E-state index contributed by atoms with van der Waals surface area (Å²) in [5, 5.41) is 9.47. The van der Waals surface area contributed by atoms with Crippen molar-refractivity contribution in [1.29, 1.82) is 0 Å². The fourth-order valence-electron chi connectivity index (χ4n) is 3.19. The van der Waals surface area contributed by atoms with Gasteiger partial charge in [0, 0.05) is 43.3 Å². The molecule has 1 fully saturated rings. The Bertz CT molecular complexity index is 697. The summed E-state index contributed by atoms with van der Waals surface area (Å²) in [4.78, 5) is 6.32. The van der Waals surface area contributed by atoms with Crippen LogP contribution in [0, 0.1) is 0 Å². The lowest BCUT2D eigenvalue weighted by Gasteiger charge is -2.37. The smallest absolute Gasteiger partial charge is 0.170 e. The first-order chi connectivity index (χ1) is 13.2. The number of nitrogens with zero attached hydrogens (tertiary/aromatic N) is 2. The van der Waals surface area contributed by atoms with Gasteiger partial charge in [-0.2, -0.15) is 0 Å². The van der Waals surface area contributed by atoms with Crippen LogP contribution in [-0.2, 0) is 0 Å². The van der Waals surface area contributed by atoms with Crippen molar-refractivity contribution in [3.63, 3.8) is 0 Å². The molecule has 0 spiro atoms. The Balaban J connectivity index is 1.55. The first kappa shape index (κ1) is 20.1. The van der Waals surface area contributed by atoms with E-state index < -0.39 is 0 Å². The van der Waals surface area contributed by atoms with Crippen molar-refractivity contribution in [1.82, 2.24) is 15.1 Å². The molecule has 2 N–H and O–H groups in total. The molecule has 7 heteroatoms. The summed E-state index contributed by atoms with van der Waals surface area (Å²) in [6, 6.07) is 12.6. The van der Waals surface area contributed by atoms with Crippen LogP contribution in [0.5, 0.6) is 5.75 Å². The summed E-state index contributed by atoms with van der Waals surface area (Å²) in [6.07, 6.45) is 0. The third kappa shape index (κ3) is 5.90. The molecule has 1 aliphatic rings. The normalized spacial score (nSPS) is 16.7. The summed E-state index contributed by atoms with van der Waals surface area (Å²) in [5.74, 6) is 0.870. The van der Waals surface area contributed by atoms with Crippen molar-refractivity contribution in [2.75, 3.05) is 51.7 Å². The van der Waals surface area contributed by atoms with Crippen molar-refractivity contribution in [3.05, 3.63) is 46.7 Å². The molecule has 0 bridgehead atoms. The van der Waals surface area contributed by atoms with Crippen LogP contribution in [0.2, 0.25) is 0 Å². The Morgan fingerprint density at radius 1 is 1.19 bits per heavy atom. The van der Waals surface area contributed by atoms with Crippen LogP contribution in [0.4, 0.5) is 5.69 Å². The molecule has 0 saturated carbocycles. The van der Waals surface area contributed by atoms with E-state index in [9.17, 15) is 0 Å². The number of anilines is 1. The van der Waals surface area contributed by atoms with E-state index in [4.69, 9.17) is 17.0 Å². The second-order valence-corrected chi connectivity index (χ2v) is 8.05. The van der Waals surface area contributed by atoms with E-state index in [2.05, 4.69) is 45.0 Å². The molecule has 1 atom stereocenters. The molecule has 1 aromatic carbocycles. The number of likely N-dealkylation sites (N-methyl/N-ethyl adjacent to an activating group) is 1. The highest BCUT2D eigenvalue weighted by atomic mass is 32.1. The van der Waals surface area contributed by atoms with Crippen LogP contribution in [0.15, 0.2) is 41.8 Å². The molecule has 0 amide bonds. The summed E-state index contributed by atoms with van der Waals surface area (Å²) in [7, 11) is 2.19. The zero-order chi connectivity index (χ0) is 19.1. The minimum Gasteiger partial charge on any atom is -0.494 e. The highest BCUT2D eigenvalue weighted by Gasteiger charge is 2.24. The van der Waals surface area contributed by atoms with E-state index in [1.165, 1.54) is 4.88 Å². The zero-order valence-corrected chi connectivity index (χ0v) is 17.6. The highest BCUT2D eigenvalue weighted by Crippen LogP contribution is 2.25. The fourth-order valence-corrected chi connectivity index (χ4v) is 4.25. The van der Waals surface area contributed by atoms with E-state index in [1.54, 1.807) is 0 Å². The van der Waals surface area contributed by atoms with Gasteiger partial charge in [0.25, 0.3) is 0 Å². The van der Waals surface area contributed by atoms with E-state index in [1.807, 2.05) is 42.5 Å². The van der Waals surface area contributed by atoms with E-state index >= 15 is 0 Å². The van der Waals surface area contributed by atoms with Gasteiger partial charge in [0.1, 0.15) is 5.75 Å². The first-order valence-electron chi connectivity index (χ1n) is 9.39. The maximum atomic E-state index is 5.51. The van der Waals surface area contributed by atoms with Crippen LogP contribution >= 0.6 is 23.6 Å². The Labute approximate surface area is 171 Å². The predicted molar refractivity (Wildman–Crippen MR) is 118 cm³/mol. The SMILES string of the molecule is CCOc1ccc(NC(=S)NC[C@H](c2cccs2)N2CCN(C)CC2)cc1. The number of thiophene rings is 1. The van der Waals surface area contributed by atoms with Crippen LogP contribution < -0.4 is 15.4 Å². The molecule has 146 valence electrons. The molecule has 1 aliphatic heterocycles. The maximum absolute atomic E-state index is 5.51. The third-order valence-corrected chi connectivity index (χ3v) is 5.95. The Morgan fingerprint density at radius 2 is 1.93 bits per heavy atom. The lowest BCUT2D eigenvalue weighted by Crippen LogP contribution is -2.48. The molecule has 0 aliphatic carbocycles. The molecule has 0 unspecified atom stereocenters. The Kier molecular flexibility index (Phi) is 7.46. The van der Waals surface area contributed by atoms with Crippen molar-refractivity contribution in [3.8, 4) is 5.75 Å². The third-order valence-electron chi connectivity index (χ3n) is 4.73. The second kappa shape index (κ2) is 10.0. The molecule has 3 rings (SSSR count). The highest BCUT2D eigenvalue weighted by molar-refractivity contribution is 7.80. The second-order valence-electron chi connectivity index (χ2n) is 6.66. The van der Waals surface area contributed by atoms with Crippen molar-refractivity contribution in [2.45, 2.75) is 13.0 Å². The molecule has 1 saturated heterocycles. The van der Waals surface area contributed by atoms with Crippen LogP contribution in [0.3, 0.4) is 0 Å². The molecular weight excluding hydrogens is 376 g/mol. The average Bonchev–Trinajstić information content (AvgIpc) is 3.20. The number of benzene rings is 1. The minimum absolute atomic E-state index is 0.346. The predicted octanol–water partition coefficient (Wildman–Crippen LogP) is 3.42. The molecule has 5 nitrogen and oxygen atoms in total. The number of ether oxygens (including phenoxy) is 1. The number of thiocarbonyl (C=S) groups is 1. The first-order valence-corrected chi connectivity index (χ1v) is 10.7. The summed E-state index contributed by atoms with van der Waals surface area (Å²) >= 11 is 7.33. The van der Waals surface area contributed by atoms with Gasteiger partial charge in [0.15, 0.2) is 5.11 Å². The van der Waals surface area contributed by atoms with Gasteiger partial charge in [0.05, 0.1) is 12.6 Å². The van der Waals surface area contributed by atoms with Gasteiger partial charge < -0.3 is 20.3 Å². The van der Waals surface area contributed by atoms with E-state index in [0.29, 0.717) is 17.8 Å². The molecule has 0 radical (unpaired) electrons. The minimum atomic E-state index is 0.346. The van der Waals surface area contributed by atoms with Gasteiger partial charge in [0.2, 0.25) is 0 Å². The van der Waals surface area contributed by atoms with Gasteiger partial charge in [-0.1, -0.05) is 6.07 Å². The number of hydrogen-bond donors (Lipinski definition) is 2. The zero-order valence-electron chi connectivity index (χ0n) is 16.0. The monoisotopic (exact) mass is 404 g/mol. The number of rotatable bonds is 7. The molecule has 2 aromatic rings. The quantitative estimate of drug-likeness (QED) is 0.689. The van der Waals surface area contributed by atoms with Crippen LogP contribution in [0.1, 0.15) is 17.8 Å². The van der Waals surface area contributed by atoms with Crippen LogP contribution in [-0.4, -0.2) is 61.3 Å². The standard InChI is InChI=1S/C20H28N4OS2/c1-3-25-17-8-6-16(7-9-17)22-20(26)21-15-18(19-5-4-14-27-19)24-12-10-23(2)11-13-24/h4-9,14,18H,3,10-13,15H2,1-2H3,(H2,21,22,26)/t18-/m1/s1. The average molecular weight is 405 g/mol. The molecule has 2 heterocycles. The Hall–Kier alpha value is -1.67. The lowest BCUT2D eigenvalue weighted by atomic mass is 10.1. The van der Waals surface area contributed by atoms with Crippen LogP contribution in [0.25, 0.3) is 0 Å². The van der Waals surface area contributed by atoms with Crippen molar-refractivity contribution < 1.29 is 4.74 Å². The number of nitrogens with one attached hydrogen (secondary N) is 2. The van der Waals surface area contributed by atoms with E-state index in [-0.39, 0.29) is 0 Å². The number of piperazine rings is 1. The lowest BCUT2D eigenvalue weighted by molar-refractivity contribution is 0.114. The molecular formula is C20H28N4OS2. The van der Waals surface area contributed by atoms with Gasteiger partial charge in [-0.15, -0.1) is 11.3 Å². The van der Waals surface area contributed by atoms with Crippen molar-refractivity contribution in [2.24, 2.45) is 0 Å². The van der Waals surface area contributed by atoms with E-state index in [0.717, 1.165) is 44.2 Å². The topological polar surface area (TPSA) is 39.8 Å². The summed E-state index contributed by atoms with van der Waals surface area (Å²) < 4.78 is 5.48.